The Bertz CT molecular complexity index is 822. The predicted molar refractivity (Wildman–Crippen MR) is 90.6 cm³/mol. The molecule has 0 amide bonds. The van der Waals surface area contributed by atoms with Crippen molar-refractivity contribution < 1.29 is 9.90 Å². The lowest BCUT2D eigenvalue weighted by Crippen LogP contribution is -2.04. The zero-order valence-corrected chi connectivity index (χ0v) is 13.2. The molecule has 0 atom stereocenters. The smallest absolute Gasteiger partial charge is 0.307 e. The lowest BCUT2D eigenvalue weighted by atomic mass is 10.1. The highest BCUT2D eigenvalue weighted by atomic mass is 16.4. The molecule has 23 heavy (non-hydrogen) atoms. The van der Waals surface area contributed by atoms with Gasteiger partial charge in [-0.2, -0.15) is 0 Å². The SMILES string of the molecule is CCCn1c(Cc2ccccc2)nc2cc(CC(=O)O)ccc21. The van der Waals surface area contributed by atoms with Crippen LogP contribution in [0.3, 0.4) is 0 Å². The molecule has 0 aliphatic rings. The molecule has 0 fully saturated rings. The maximum Gasteiger partial charge on any atom is 0.307 e. The van der Waals surface area contributed by atoms with Gasteiger partial charge in [0.05, 0.1) is 17.5 Å². The van der Waals surface area contributed by atoms with Crippen LogP contribution in [0.1, 0.15) is 30.3 Å². The number of aliphatic carboxylic acids is 1. The van der Waals surface area contributed by atoms with E-state index in [1.165, 1.54) is 5.56 Å². The van der Waals surface area contributed by atoms with Crippen molar-refractivity contribution in [1.82, 2.24) is 9.55 Å². The summed E-state index contributed by atoms with van der Waals surface area (Å²) in [5, 5.41) is 8.95. The third-order valence-corrected chi connectivity index (χ3v) is 3.90. The first-order valence-corrected chi connectivity index (χ1v) is 7.91. The van der Waals surface area contributed by atoms with E-state index in [0.29, 0.717) is 0 Å². The molecule has 4 heteroatoms. The number of hydrogen-bond donors (Lipinski definition) is 1. The molecule has 0 radical (unpaired) electrons. The van der Waals surface area contributed by atoms with E-state index >= 15 is 0 Å². The van der Waals surface area contributed by atoms with Gasteiger partial charge >= 0.3 is 5.97 Å². The second kappa shape index (κ2) is 6.65. The number of carbonyl (C=O) groups is 1. The molecule has 3 aromatic rings. The monoisotopic (exact) mass is 308 g/mol. The van der Waals surface area contributed by atoms with Crippen LogP contribution in [0.5, 0.6) is 0 Å². The number of aromatic nitrogens is 2. The summed E-state index contributed by atoms with van der Waals surface area (Å²) in [5.41, 5.74) is 3.97. The third-order valence-electron chi connectivity index (χ3n) is 3.90. The van der Waals surface area contributed by atoms with E-state index in [1.54, 1.807) is 0 Å². The minimum absolute atomic E-state index is 0.0323. The van der Waals surface area contributed by atoms with Gasteiger partial charge in [0.1, 0.15) is 5.82 Å². The standard InChI is InChI=1S/C19H20N2O2/c1-2-10-21-17-9-8-15(13-19(22)23)11-16(17)20-18(21)12-14-6-4-3-5-7-14/h3-9,11H,2,10,12-13H2,1H3,(H,22,23). The van der Waals surface area contributed by atoms with Gasteiger partial charge in [-0.15, -0.1) is 0 Å². The van der Waals surface area contributed by atoms with Gasteiger partial charge in [-0.25, -0.2) is 4.98 Å². The summed E-state index contributed by atoms with van der Waals surface area (Å²) in [6.45, 7) is 3.06. The van der Waals surface area contributed by atoms with Gasteiger partial charge in [0.2, 0.25) is 0 Å². The number of hydrogen-bond acceptors (Lipinski definition) is 2. The average Bonchev–Trinajstić information content (AvgIpc) is 2.85. The van der Waals surface area contributed by atoms with Gasteiger partial charge in [0, 0.05) is 13.0 Å². The summed E-state index contributed by atoms with van der Waals surface area (Å²) in [5.74, 6) is 0.211. The Morgan fingerprint density at radius 1 is 1.13 bits per heavy atom. The van der Waals surface area contributed by atoms with Crippen molar-refractivity contribution in [2.24, 2.45) is 0 Å². The molecule has 1 N–H and O–H groups in total. The van der Waals surface area contributed by atoms with Crippen LogP contribution in [0.15, 0.2) is 48.5 Å². The topological polar surface area (TPSA) is 55.1 Å². The normalized spacial score (nSPS) is 11.0. The van der Waals surface area contributed by atoms with Crippen molar-refractivity contribution in [1.29, 1.82) is 0 Å². The Labute approximate surface area is 135 Å². The molecule has 2 aromatic carbocycles. The summed E-state index contributed by atoms with van der Waals surface area (Å²) in [6.07, 6.45) is 1.85. The van der Waals surface area contributed by atoms with Crippen molar-refractivity contribution in [3.05, 3.63) is 65.5 Å². The molecule has 4 nitrogen and oxygen atoms in total. The Morgan fingerprint density at radius 2 is 1.91 bits per heavy atom. The van der Waals surface area contributed by atoms with Crippen LogP contribution in [0.25, 0.3) is 11.0 Å². The highest BCUT2D eigenvalue weighted by molar-refractivity contribution is 5.79. The van der Waals surface area contributed by atoms with Gasteiger partial charge in [-0.05, 0) is 29.7 Å². The fraction of sp³-hybridized carbons (Fsp3) is 0.263. The molecule has 0 saturated carbocycles. The van der Waals surface area contributed by atoms with E-state index < -0.39 is 5.97 Å². The van der Waals surface area contributed by atoms with E-state index in [-0.39, 0.29) is 6.42 Å². The third kappa shape index (κ3) is 3.42. The number of carboxylic acid groups (broad SMARTS) is 1. The number of rotatable bonds is 6. The molecule has 1 aromatic heterocycles. The van der Waals surface area contributed by atoms with Crippen LogP contribution in [0.4, 0.5) is 0 Å². The van der Waals surface area contributed by atoms with Gasteiger partial charge in [0.15, 0.2) is 0 Å². The first-order valence-electron chi connectivity index (χ1n) is 7.91. The molecule has 0 aliphatic carbocycles. The number of nitrogens with zero attached hydrogens (tertiary/aromatic N) is 2. The minimum Gasteiger partial charge on any atom is -0.481 e. The van der Waals surface area contributed by atoms with Crippen LogP contribution in [-0.4, -0.2) is 20.6 Å². The molecule has 0 bridgehead atoms. The molecule has 0 spiro atoms. The zero-order chi connectivity index (χ0) is 16.2. The van der Waals surface area contributed by atoms with E-state index in [1.807, 2.05) is 36.4 Å². The molecule has 1 heterocycles. The summed E-state index contributed by atoms with van der Waals surface area (Å²) in [6, 6.07) is 16.1. The molecular formula is C19H20N2O2. The van der Waals surface area contributed by atoms with Crippen molar-refractivity contribution in [3.8, 4) is 0 Å². The largest absolute Gasteiger partial charge is 0.481 e. The highest BCUT2D eigenvalue weighted by Crippen LogP contribution is 2.21. The summed E-state index contributed by atoms with van der Waals surface area (Å²) >= 11 is 0. The fourth-order valence-corrected chi connectivity index (χ4v) is 2.90. The first-order chi connectivity index (χ1) is 11.2. The molecular weight excluding hydrogens is 288 g/mol. The van der Waals surface area contributed by atoms with E-state index in [0.717, 1.165) is 41.8 Å². The number of carboxylic acids is 1. The molecule has 0 saturated heterocycles. The fourth-order valence-electron chi connectivity index (χ4n) is 2.90. The van der Waals surface area contributed by atoms with Gasteiger partial charge in [-0.3, -0.25) is 4.79 Å². The first kappa shape index (κ1) is 15.3. The number of fused-ring (bicyclic) bond motifs is 1. The second-order valence-corrected chi connectivity index (χ2v) is 5.74. The van der Waals surface area contributed by atoms with E-state index in [9.17, 15) is 4.79 Å². The lowest BCUT2D eigenvalue weighted by molar-refractivity contribution is -0.136. The van der Waals surface area contributed by atoms with Gasteiger partial charge in [-0.1, -0.05) is 43.3 Å². The Balaban J connectivity index is 2.01. The Kier molecular flexibility index (Phi) is 4.42. The maximum atomic E-state index is 10.9. The lowest BCUT2D eigenvalue weighted by Gasteiger charge is -2.08. The summed E-state index contributed by atoms with van der Waals surface area (Å²) in [4.78, 5) is 15.7. The van der Waals surface area contributed by atoms with Crippen LogP contribution < -0.4 is 0 Å². The number of imidazole rings is 1. The van der Waals surface area contributed by atoms with Crippen molar-refractivity contribution >= 4 is 17.0 Å². The zero-order valence-electron chi connectivity index (χ0n) is 13.2. The average molecular weight is 308 g/mol. The molecule has 0 unspecified atom stereocenters. The highest BCUT2D eigenvalue weighted by Gasteiger charge is 2.12. The Hall–Kier alpha value is -2.62. The second-order valence-electron chi connectivity index (χ2n) is 5.74. The molecule has 3 rings (SSSR count). The predicted octanol–water partition coefficient (Wildman–Crippen LogP) is 3.66. The van der Waals surface area contributed by atoms with Crippen LogP contribution in [0.2, 0.25) is 0 Å². The Morgan fingerprint density at radius 3 is 2.61 bits per heavy atom. The molecule has 0 aliphatic heterocycles. The summed E-state index contributed by atoms with van der Waals surface area (Å²) in [7, 11) is 0. The van der Waals surface area contributed by atoms with Crippen LogP contribution in [-0.2, 0) is 24.2 Å². The number of benzene rings is 2. The van der Waals surface area contributed by atoms with Gasteiger partial charge in [0.25, 0.3) is 0 Å². The maximum absolute atomic E-state index is 10.9. The van der Waals surface area contributed by atoms with Crippen LogP contribution in [0, 0.1) is 0 Å². The molecule has 118 valence electrons. The van der Waals surface area contributed by atoms with E-state index in [4.69, 9.17) is 10.1 Å². The van der Waals surface area contributed by atoms with Crippen LogP contribution >= 0.6 is 0 Å². The van der Waals surface area contributed by atoms with Crippen molar-refractivity contribution in [2.75, 3.05) is 0 Å². The van der Waals surface area contributed by atoms with Crippen molar-refractivity contribution in [2.45, 2.75) is 32.7 Å². The van der Waals surface area contributed by atoms with E-state index in [2.05, 4.69) is 23.6 Å². The minimum atomic E-state index is -0.818. The quantitative estimate of drug-likeness (QED) is 0.756. The van der Waals surface area contributed by atoms with Gasteiger partial charge < -0.3 is 9.67 Å². The number of aryl methyl sites for hydroxylation is 1. The summed E-state index contributed by atoms with van der Waals surface area (Å²) < 4.78 is 2.24. The van der Waals surface area contributed by atoms with Crippen molar-refractivity contribution in [3.63, 3.8) is 0 Å².